The Balaban J connectivity index is 2.10. The lowest BCUT2D eigenvalue weighted by Gasteiger charge is -2.13. The molecule has 0 aliphatic heterocycles. The van der Waals surface area contributed by atoms with Gasteiger partial charge in [0, 0.05) is 32.2 Å². The Bertz CT molecular complexity index is 219. The largest absolute Gasteiger partial charge is 0.381 e. The van der Waals surface area contributed by atoms with E-state index in [1.165, 1.54) is 0 Å². The van der Waals surface area contributed by atoms with Gasteiger partial charge in [0.05, 0.1) is 6.10 Å². The summed E-state index contributed by atoms with van der Waals surface area (Å²) >= 11 is 0. The van der Waals surface area contributed by atoms with Crippen LogP contribution in [0.2, 0.25) is 0 Å². The Kier molecular flexibility index (Phi) is 5.77. The van der Waals surface area contributed by atoms with Gasteiger partial charge in [0.15, 0.2) is 0 Å². The van der Waals surface area contributed by atoms with Crippen LogP contribution >= 0.6 is 0 Å². The molecular weight excluding hydrogens is 204 g/mol. The minimum atomic E-state index is 0.148. The number of methoxy groups -OCH3 is 1. The summed E-state index contributed by atoms with van der Waals surface area (Å²) in [6.07, 6.45) is 3.96. The molecule has 4 nitrogen and oxygen atoms in total. The predicted molar refractivity (Wildman–Crippen MR) is 64.3 cm³/mol. The van der Waals surface area contributed by atoms with Crippen LogP contribution in [0, 0.1) is 0 Å². The van der Waals surface area contributed by atoms with E-state index in [4.69, 9.17) is 4.74 Å². The van der Waals surface area contributed by atoms with E-state index < -0.39 is 0 Å². The minimum absolute atomic E-state index is 0.148. The zero-order chi connectivity index (χ0) is 12.0. The lowest BCUT2D eigenvalue weighted by molar-refractivity contribution is -0.121. The Labute approximate surface area is 98.1 Å². The Morgan fingerprint density at radius 2 is 2.19 bits per heavy atom. The molecule has 0 radical (unpaired) electrons. The van der Waals surface area contributed by atoms with E-state index >= 15 is 0 Å². The highest BCUT2D eigenvalue weighted by Crippen LogP contribution is 2.21. The molecule has 0 aromatic rings. The smallest absolute Gasteiger partial charge is 0.221 e. The van der Waals surface area contributed by atoms with E-state index in [0.29, 0.717) is 24.6 Å². The van der Waals surface area contributed by atoms with Gasteiger partial charge >= 0.3 is 0 Å². The first kappa shape index (κ1) is 13.5. The molecule has 0 bridgehead atoms. The molecule has 1 amide bonds. The topological polar surface area (TPSA) is 50.4 Å². The molecule has 1 saturated carbocycles. The van der Waals surface area contributed by atoms with Gasteiger partial charge in [0.1, 0.15) is 0 Å². The van der Waals surface area contributed by atoms with Crippen LogP contribution in [0.4, 0.5) is 0 Å². The molecule has 1 aliphatic rings. The maximum Gasteiger partial charge on any atom is 0.221 e. The summed E-state index contributed by atoms with van der Waals surface area (Å²) in [5, 5.41) is 6.29. The highest BCUT2D eigenvalue weighted by Gasteiger charge is 2.25. The Hall–Kier alpha value is -0.610. The summed E-state index contributed by atoms with van der Waals surface area (Å²) in [7, 11) is 1.74. The Morgan fingerprint density at radius 3 is 2.75 bits per heavy atom. The highest BCUT2D eigenvalue weighted by molar-refractivity contribution is 5.76. The number of carbonyl (C=O) groups excluding carboxylic acids is 1. The van der Waals surface area contributed by atoms with Crippen LogP contribution in [-0.2, 0) is 9.53 Å². The first-order chi connectivity index (χ1) is 7.61. The maximum atomic E-state index is 11.6. The van der Waals surface area contributed by atoms with Crippen LogP contribution in [0.15, 0.2) is 0 Å². The summed E-state index contributed by atoms with van der Waals surface area (Å²) < 4.78 is 5.27. The molecule has 4 heteroatoms. The predicted octanol–water partition coefficient (Wildman–Crippen LogP) is 1.06. The number of hydrogen-bond acceptors (Lipinski definition) is 3. The van der Waals surface area contributed by atoms with Crippen molar-refractivity contribution < 1.29 is 9.53 Å². The average molecular weight is 228 g/mol. The van der Waals surface area contributed by atoms with Gasteiger partial charge in [-0.3, -0.25) is 4.79 Å². The molecule has 2 atom stereocenters. The van der Waals surface area contributed by atoms with Crippen molar-refractivity contribution in [2.24, 2.45) is 0 Å². The summed E-state index contributed by atoms with van der Waals surface area (Å²) in [5.41, 5.74) is 0. The van der Waals surface area contributed by atoms with Crippen molar-refractivity contribution in [1.82, 2.24) is 10.6 Å². The quantitative estimate of drug-likeness (QED) is 0.714. The van der Waals surface area contributed by atoms with Crippen LogP contribution in [0.3, 0.4) is 0 Å². The van der Waals surface area contributed by atoms with Crippen LogP contribution in [0.1, 0.15) is 39.5 Å². The lowest BCUT2D eigenvalue weighted by Crippen LogP contribution is -2.36. The molecule has 1 fully saturated rings. The molecular formula is C12H24N2O2. The van der Waals surface area contributed by atoms with Gasteiger partial charge in [0.25, 0.3) is 0 Å². The van der Waals surface area contributed by atoms with Gasteiger partial charge in [-0.15, -0.1) is 0 Å². The molecule has 94 valence electrons. The van der Waals surface area contributed by atoms with E-state index in [1.807, 2.05) is 0 Å². The van der Waals surface area contributed by atoms with E-state index in [0.717, 1.165) is 25.8 Å². The fourth-order valence-electron chi connectivity index (χ4n) is 2.06. The lowest BCUT2D eigenvalue weighted by atomic mass is 10.2. The molecule has 0 aromatic heterocycles. The van der Waals surface area contributed by atoms with Gasteiger partial charge in [-0.2, -0.15) is 0 Å². The van der Waals surface area contributed by atoms with Gasteiger partial charge in [-0.25, -0.2) is 0 Å². The zero-order valence-corrected chi connectivity index (χ0v) is 10.6. The number of carbonyl (C=O) groups is 1. The summed E-state index contributed by atoms with van der Waals surface area (Å²) in [5.74, 6) is 0.148. The van der Waals surface area contributed by atoms with Crippen LogP contribution in [-0.4, -0.2) is 37.7 Å². The van der Waals surface area contributed by atoms with Gasteiger partial charge in [0.2, 0.25) is 5.91 Å². The summed E-state index contributed by atoms with van der Waals surface area (Å²) in [6.45, 7) is 4.92. The normalized spacial score (nSPS) is 25.0. The third-order valence-corrected chi connectivity index (χ3v) is 2.99. The second-order valence-corrected chi connectivity index (χ2v) is 4.79. The number of hydrogen-bond donors (Lipinski definition) is 2. The Morgan fingerprint density at radius 1 is 1.44 bits per heavy atom. The molecule has 0 saturated heterocycles. The monoisotopic (exact) mass is 228 g/mol. The third-order valence-electron chi connectivity index (χ3n) is 2.99. The van der Waals surface area contributed by atoms with Crippen molar-refractivity contribution in [2.45, 2.75) is 57.7 Å². The van der Waals surface area contributed by atoms with Gasteiger partial charge in [-0.1, -0.05) is 13.8 Å². The second-order valence-electron chi connectivity index (χ2n) is 4.79. The number of nitrogens with one attached hydrogen (secondary N) is 2. The molecule has 16 heavy (non-hydrogen) atoms. The minimum Gasteiger partial charge on any atom is -0.381 e. The van der Waals surface area contributed by atoms with Crippen molar-refractivity contribution >= 4 is 5.91 Å². The average Bonchev–Trinajstić information content (AvgIpc) is 2.65. The van der Waals surface area contributed by atoms with Crippen molar-refractivity contribution in [1.29, 1.82) is 0 Å². The molecule has 0 heterocycles. The summed E-state index contributed by atoms with van der Waals surface area (Å²) in [4.78, 5) is 11.6. The van der Waals surface area contributed by atoms with Crippen molar-refractivity contribution in [3.05, 3.63) is 0 Å². The van der Waals surface area contributed by atoms with Crippen molar-refractivity contribution in [3.8, 4) is 0 Å². The number of amides is 1. The van der Waals surface area contributed by atoms with Crippen molar-refractivity contribution in [2.75, 3.05) is 13.7 Å². The standard InChI is InChI=1S/C12H24N2O2/c1-9(2)13-7-6-12(15)14-10-4-5-11(8-10)16-3/h9-11,13H,4-8H2,1-3H3,(H,14,15). The fraction of sp³-hybridized carbons (Fsp3) is 0.917. The zero-order valence-electron chi connectivity index (χ0n) is 10.6. The maximum absolute atomic E-state index is 11.6. The van der Waals surface area contributed by atoms with Gasteiger partial charge < -0.3 is 15.4 Å². The van der Waals surface area contributed by atoms with E-state index in [2.05, 4.69) is 24.5 Å². The van der Waals surface area contributed by atoms with Crippen LogP contribution in [0.5, 0.6) is 0 Å². The highest BCUT2D eigenvalue weighted by atomic mass is 16.5. The molecule has 0 spiro atoms. The molecule has 2 N–H and O–H groups in total. The van der Waals surface area contributed by atoms with E-state index in [1.54, 1.807) is 7.11 Å². The van der Waals surface area contributed by atoms with Crippen LogP contribution in [0.25, 0.3) is 0 Å². The van der Waals surface area contributed by atoms with Gasteiger partial charge in [-0.05, 0) is 19.3 Å². The fourth-order valence-corrected chi connectivity index (χ4v) is 2.06. The van der Waals surface area contributed by atoms with Crippen molar-refractivity contribution in [3.63, 3.8) is 0 Å². The number of rotatable bonds is 6. The molecule has 2 unspecified atom stereocenters. The first-order valence-electron chi connectivity index (χ1n) is 6.17. The summed E-state index contributed by atoms with van der Waals surface area (Å²) in [6, 6.07) is 0.758. The SMILES string of the molecule is COC1CCC(NC(=O)CCNC(C)C)C1. The number of ether oxygens (including phenoxy) is 1. The molecule has 0 aromatic carbocycles. The first-order valence-corrected chi connectivity index (χ1v) is 6.17. The molecule has 1 aliphatic carbocycles. The van der Waals surface area contributed by atoms with Crippen LogP contribution < -0.4 is 10.6 Å². The van der Waals surface area contributed by atoms with E-state index in [-0.39, 0.29) is 5.91 Å². The van der Waals surface area contributed by atoms with E-state index in [9.17, 15) is 4.79 Å². The second kappa shape index (κ2) is 6.86. The molecule has 1 rings (SSSR count). The third kappa shape index (κ3) is 4.94.